The van der Waals surface area contributed by atoms with Crippen LogP contribution in [0.3, 0.4) is 0 Å². The highest BCUT2D eigenvalue weighted by molar-refractivity contribution is 5.91. The third-order valence-electron chi connectivity index (χ3n) is 7.96. The molecule has 210 valence electrons. The molecule has 1 atom stereocenters. The first-order valence-corrected chi connectivity index (χ1v) is 13.9. The first-order chi connectivity index (χ1) is 19.5. The average molecular weight is 545 g/mol. The number of ether oxygens (including phenoxy) is 1. The highest BCUT2D eigenvalue weighted by Gasteiger charge is 2.44. The maximum Gasteiger partial charge on any atom is 0.242 e. The number of likely N-dealkylation sites (tertiary alicyclic amines) is 1. The number of carbonyl (C=O) groups excluding carboxylic acids is 3. The van der Waals surface area contributed by atoms with Crippen molar-refractivity contribution in [3.8, 4) is 5.75 Å². The van der Waals surface area contributed by atoms with Gasteiger partial charge in [0.15, 0.2) is 0 Å². The van der Waals surface area contributed by atoms with Gasteiger partial charge in [-0.05, 0) is 30.9 Å². The van der Waals surface area contributed by atoms with Crippen LogP contribution in [0.2, 0.25) is 0 Å². The summed E-state index contributed by atoms with van der Waals surface area (Å²) in [5, 5.41) is 14.6. The molecule has 0 aliphatic carbocycles. The molecule has 3 aromatic rings. The molecule has 3 amide bonds. The Morgan fingerprint density at radius 1 is 1.05 bits per heavy atom. The maximum absolute atomic E-state index is 14.0. The molecule has 5 rings (SSSR count). The molecule has 0 radical (unpaired) electrons. The zero-order valence-corrected chi connectivity index (χ0v) is 22.8. The Morgan fingerprint density at radius 2 is 1.80 bits per heavy atom. The van der Waals surface area contributed by atoms with Gasteiger partial charge in [0.2, 0.25) is 17.7 Å². The number of para-hydroxylation sites is 1. The smallest absolute Gasteiger partial charge is 0.242 e. The lowest BCUT2D eigenvalue weighted by Crippen LogP contribution is -2.56. The third kappa shape index (κ3) is 6.32. The zero-order valence-electron chi connectivity index (χ0n) is 22.8. The number of carbonyl (C=O) groups is 3. The van der Waals surface area contributed by atoms with Crippen LogP contribution in [0.25, 0.3) is 0 Å². The lowest BCUT2D eigenvalue weighted by molar-refractivity contribution is -0.141. The van der Waals surface area contributed by atoms with Crippen LogP contribution in [0, 0.1) is 5.41 Å². The number of hydrogen-bond donors (Lipinski definition) is 2. The number of fused-ring (bicyclic) bond motifs is 2. The van der Waals surface area contributed by atoms with Gasteiger partial charge in [-0.3, -0.25) is 19.1 Å². The molecule has 1 fully saturated rings. The summed E-state index contributed by atoms with van der Waals surface area (Å²) >= 11 is 0. The van der Waals surface area contributed by atoms with E-state index >= 15 is 0 Å². The molecule has 10 nitrogen and oxygen atoms in total. The predicted molar refractivity (Wildman–Crippen MR) is 148 cm³/mol. The molecule has 10 heteroatoms. The summed E-state index contributed by atoms with van der Waals surface area (Å²) in [6, 6.07) is 16.5. The van der Waals surface area contributed by atoms with Crippen molar-refractivity contribution < 1.29 is 19.1 Å². The van der Waals surface area contributed by atoms with Crippen molar-refractivity contribution in [2.45, 2.75) is 51.1 Å². The fourth-order valence-corrected chi connectivity index (χ4v) is 5.61. The van der Waals surface area contributed by atoms with E-state index in [1.807, 2.05) is 65.7 Å². The van der Waals surface area contributed by atoms with Gasteiger partial charge in [0.1, 0.15) is 11.8 Å². The van der Waals surface area contributed by atoms with E-state index in [0.717, 1.165) is 16.8 Å². The molecule has 1 aromatic heterocycles. The first-order valence-electron chi connectivity index (χ1n) is 13.9. The fourth-order valence-electron chi connectivity index (χ4n) is 5.61. The molecule has 0 saturated carbocycles. The van der Waals surface area contributed by atoms with Crippen LogP contribution in [-0.4, -0.2) is 70.4 Å². The van der Waals surface area contributed by atoms with Crippen molar-refractivity contribution in [2.24, 2.45) is 5.41 Å². The highest BCUT2D eigenvalue weighted by Crippen LogP contribution is 2.36. The molecule has 2 aliphatic rings. The van der Waals surface area contributed by atoms with Gasteiger partial charge in [-0.15, -0.1) is 5.10 Å². The van der Waals surface area contributed by atoms with E-state index in [1.54, 1.807) is 11.8 Å². The summed E-state index contributed by atoms with van der Waals surface area (Å²) in [4.78, 5) is 42.3. The van der Waals surface area contributed by atoms with E-state index < -0.39 is 11.5 Å². The number of piperidine rings is 1. The standard InChI is InChI=1S/C30H36N6O4/c1-40-26-11-6-5-10-23(26)19-27(37)35-16-12-30(13-17-35)20-24-21-36(34-33-24)15-7-14-31-28(38)25(32-29(30)39)18-22-8-3-2-4-9-22/h2-6,8-11,21,25H,7,12-20H2,1H3,(H,31,38)(H,32,39)/t25-/m0/s1. The Morgan fingerprint density at radius 3 is 2.58 bits per heavy atom. The Bertz CT molecular complexity index is 1330. The number of amides is 3. The number of rotatable bonds is 5. The summed E-state index contributed by atoms with van der Waals surface area (Å²) in [7, 11) is 1.60. The van der Waals surface area contributed by atoms with Crippen molar-refractivity contribution in [3.63, 3.8) is 0 Å². The maximum atomic E-state index is 14.0. The largest absolute Gasteiger partial charge is 0.496 e. The van der Waals surface area contributed by atoms with Crippen LogP contribution >= 0.6 is 0 Å². The van der Waals surface area contributed by atoms with Gasteiger partial charge in [0.25, 0.3) is 0 Å². The summed E-state index contributed by atoms with van der Waals surface area (Å²) in [6.45, 7) is 1.97. The molecular weight excluding hydrogens is 508 g/mol. The van der Waals surface area contributed by atoms with E-state index in [2.05, 4.69) is 20.9 Å². The number of aromatic nitrogens is 3. The summed E-state index contributed by atoms with van der Waals surface area (Å²) in [6.07, 6.45) is 4.53. The predicted octanol–water partition coefficient (Wildman–Crippen LogP) is 1.93. The van der Waals surface area contributed by atoms with Crippen LogP contribution in [0.5, 0.6) is 5.75 Å². The van der Waals surface area contributed by atoms with Gasteiger partial charge in [-0.1, -0.05) is 53.7 Å². The SMILES string of the molecule is COc1ccccc1CC(=O)N1CCC2(CC1)Cc1cn(nn1)CCCNC(=O)[C@H](Cc1ccccc1)NC2=O. The average Bonchev–Trinajstić information content (AvgIpc) is 3.42. The second-order valence-corrected chi connectivity index (χ2v) is 10.7. The van der Waals surface area contributed by atoms with Crippen LogP contribution < -0.4 is 15.4 Å². The monoisotopic (exact) mass is 544 g/mol. The molecule has 2 aromatic carbocycles. The molecule has 2 bridgehead atoms. The van der Waals surface area contributed by atoms with Crippen LogP contribution in [0.4, 0.5) is 0 Å². The van der Waals surface area contributed by atoms with Crippen molar-refractivity contribution in [2.75, 3.05) is 26.7 Å². The Hall–Kier alpha value is -4.21. The van der Waals surface area contributed by atoms with Gasteiger partial charge in [0.05, 0.1) is 24.6 Å². The van der Waals surface area contributed by atoms with Crippen LogP contribution in [-0.2, 0) is 40.2 Å². The summed E-state index contributed by atoms with van der Waals surface area (Å²) < 4.78 is 7.18. The minimum atomic E-state index is -0.814. The third-order valence-corrected chi connectivity index (χ3v) is 7.96. The molecular formula is C30H36N6O4. The number of hydrogen-bond acceptors (Lipinski definition) is 6. The number of methoxy groups -OCH3 is 1. The Balaban J connectivity index is 1.35. The second kappa shape index (κ2) is 12.3. The molecule has 3 heterocycles. The lowest BCUT2D eigenvalue weighted by Gasteiger charge is -2.41. The number of nitrogens with zero attached hydrogens (tertiary/aromatic N) is 4. The minimum Gasteiger partial charge on any atom is -0.496 e. The topological polar surface area (TPSA) is 118 Å². The van der Waals surface area contributed by atoms with Gasteiger partial charge in [0, 0.05) is 50.8 Å². The van der Waals surface area contributed by atoms with E-state index in [4.69, 9.17) is 4.74 Å². The number of nitrogens with one attached hydrogen (secondary N) is 2. The normalized spacial score (nSPS) is 19.5. The van der Waals surface area contributed by atoms with Gasteiger partial charge >= 0.3 is 0 Å². The minimum absolute atomic E-state index is 0.00308. The second-order valence-electron chi connectivity index (χ2n) is 10.7. The first kappa shape index (κ1) is 27.4. The van der Waals surface area contributed by atoms with Crippen molar-refractivity contribution >= 4 is 17.7 Å². The number of aryl methyl sites for hydroxylation is 1. The van der Waals surface area contributed by atoms with Crippen molar-refractivity contribution in [1.82, 2.24) is 30.5 Å². The van der Waals surface area contributed by atoms with E-state index in [0.29, 0.717) is 64.0 Å². The highest BCUT2D eigenvalue weighted by atomic mass is 16.5. The molecule has 1 spiro atoms. The van der Waals surface area contributed by atoms with E-state index in [9.17, 15) is 14.4 Å². The Kier molecular flexibility index (Phi) is 8.42. The quantitative estimate of drug-likeness (QED) is 0.507. The molecule has 1 saturated heterocycles. The van der Waals surface area contributed by atoms with Gasteiger partial charge in [-0.25, -0.2) is 0 Å². The van der Waals surface area contributed by atoms with E-state index in [1.165, 1.54) is 0 Å². The fraction of sp³-hybridized carbons (Fsp3) is 0.433. The number of benzene rings is 2. The van der Waals surface area contributed by atoms with Crippen LogP contribution in [0.1, 0.15) is 36.1 Å². The van der Waals surface area contributed by atoms with Gasteiger partial charge in [-0.2, -0.15) is 0 Å². The molecule has 40 heavy (non-hydrogen) atoms. The van der Waals surface area contributed by atoms with Crippen molar-refractivity contribution in [1.29, 1.82) is 0 Å². The van der Waals surface area contributed by atoms with Crippen molar-refractivity contribution in [3.05, 3.63) is 77.6 Å². The summed E-state index contributed by atoms with van der Waals surface area (Å²) in [5.74, 6) is 0.296. The zero-order chi connectivity index (χ0) is 28.0. The van der Waals surface area contributed by atoms with Crippen LogP contribution in [0.15, 0.2) is 60.8 Å². The van der Waals surface area contributed by atoms with E-state index in [-0.39, 0.29) is 24.1 Å². The molecule has 2 N–H and O–H groups in total. The van der Waals surface area contributed by atoms with Gasteiger partial charge < -0.3 is 20.3 Å². The molecule has 0 unspecified atom stereocenters. The Labute approximate surface area is 234 Å². The lowest BCUT2D eigenvalue weighted by atomic mass is 9.73. The molecule has 2 aliphatic heterocycles. The summed E-state index contributed by atoms with van der Waals surface area (Å²) in [5.41, 5.74) is 1.73.